The Labute approximate surface area is 297 Å². The highest BCUT2D eigenvalue weighted by atomic mass is 35.5. The number of hydrogen-bond acceptors (Lipinski definition) is 5. The van der Waals surface area contributed by atoms with Gasteiger partial charge < -0.3 is 16.0 Å². The number of amides is 3. The van der Waals surface area contributed by atoms with Crippen molar-refractivity contribution in [2.75, 3.05) is 10.6 Å². The normalized spacial score (nSPS) is 11.9. The number of nitrogens with zero attached hydrogens (tertiary/aromatic N) is 2. The molecular weight excluding hydrogens is 681 g/mol. The number of benzene rings is 4. The van der Waals surface area contributed by atoms with E-state index in [0.29, 0.717) is 49.6 Å². The molecule has 0 fully saturated rings. The van der Waals surface area contributed by atoms with Crippen LogP contribution in [0.1, 0.15) is 35.0 Å². The average Bonchev–Trinajstić information content (AvgIpc) is 3.31. The van der Waals surface area contributed by atoms with Gasteiger partial charge in [0.2, 0.25) is 5.91 Å². The molecule has 3 amide bonds. The fraction of sp³-hybridized carbons (Fsp3) is 0.135. The van der Waals surface area contributed by atoms with Crippen molar-refractivity contribution in [1.29, 1.82) is 0 Å². The first-order valence-corrected chi connectivity index (χ1v) is 17.0. The van der Waals surface area contributed by atoms with Crippen LogP contribution in [0.15, 0.2) is 119 Å². The number of hydrogen-bond donors (Lipinski definition) is 3. The predicted octanol–water partition coefficient (Wildman–Crippen LogP) is 7.71. The number of halogens is 2. The molecular formula is C37H33Cl2N5O4S. The number of carbonyl (C=O) groups is 3. The highest BCUT2D eigenvalue weighted by molar-refractivity contribution is 8.00. The Hall–Kier alpha value is -5.03. The summed E-state index contributed by atoms with van der Waals surface area (Å²) in [7, 11) is 1.77. The number of carbonyl (C=O) groups excluding carboxylic acids is 3. The van der Waals surface area contributed by atoms with Gasteiger partial charge in [-0.1, -0.05) is 78.7 Å². The molecule has 5 aromatic rings. The van der Waals surface area contributed by atoms with Crippen molar-refractivity contribution in [1.82, 2.24) is 14.7 Å². The Morgan fingerprint density at radius 2 is 1.49 bits per heavy atom. The quantitative estimate of drug-likeness (QED) is 0.0959. The van der Waals surface area contributed by atoms with E-state index in [2.05, 4.69) is 16.0 Å². The SMILES string of the molecule is CCC(Sc1cccc(NC(=O)/C(=C\c2c(Cl)cccc2Cl)NC(=O)c2ccccc2)c1)C(=O)Nc1c(C)n(C)n(-c2ccccc2)c1=O. The van der Waals surface area contributed by atoms with Crippen LogP contribution in [0.2, 0.25) is 10.0 Å². The van der Waals surface area contributed by atoms with Gasteiger partial charge in [-0.2, -0.15) is 0 Å². The molecule has 0 bridgehead atoms. The predicted molar refractivity (Wildman–Crippen MR) is 198 cm³/mol. The van der Waals surface area contributed by atoms with Crippen LogP contribution in [0, 0.1) is 6.92 Å². The van der Waals surface area contributed by atoms with Crippen molar-refractivity contribution < 1.29 is 14.4 Å². The second-order valence-electron chi connectivity index (χ2n) is 10.9. The van der Waals surface area contributed by atoms with Crippen molar-refractivity contribution in [2.24, 2.45) is 7.05 Å². The van der Waals surface area contributed by atoms with Gasteiger partial charge in [-0.15, -0.1) is 11.8 Å². The third-order valence-electron chi connectivity index (χ3n) is 7.65. The fourth-order valence-electron chi connectivity index (χ4n) is 4.98. The molecule has 3 N–H and O–H groups in total. The van der Waals surface area contributed by atoms with Crippen molar-refractivity contribution in [3.63, 3.8) is 0 Å². The molecule has 4 aromatic carbocycles. The van der Waals surface area contributed by atoms with E-state index in [0.717, 1.165) is 0 Å². The van der Waals surface area contributed by atoms with Gasteiger partial charge in [0.05, 0.1) is 16.6 Å². The van der Waals surface area contributed by atoms with E-state index in [1.807, 2.05) is 43.3 Å². The number of thioether (sulfide) groups is 1. The molecule has 1 heterocycles. The molecule has 1 unspecified atom stereocenters. The number of para-hydroxylation sites is 1. The summed E-state index contributed by atoms with van der Waals surface area (Å²) in [5.74, 6) is -1.42. The first kappa shape index (κ1) is 35.3. The van der Waals surface area contributed by atoms with Gasteiger partial charge in [-0.25, -0.2) is 4.68 Å². The topological polar surface area (TPSA) is 114 Å². The summed E-state index contributed by atoms with van der Waals surface area (Å²) in [6.07, 6.45) is 1.90. The van der Waals surface area contributed by atoms with Gasteiger partial charge in [0.1, 0.15) is 11.4 Å². The molecule has 0 aliphatic rings. The van der Waals surface area contributed by atoms with Crippen LogP contribution < -0.4 is 21.5 Å². The van der Waals surface area contributed by atoms with Crippen molar-refractivity contribution in [3.05, 3.63) is 146 Å². The first-order valence-electron chi connectivity index (χ1n) is 15.3. The molecule has 0 saturated heterocycles. The maximum absolute atomic E-state index is 13.6. The van der Waals surface area contributed by atoms with E-state index < -0.39 is 17.1 Å². The fourth-order valence-corrected chi connectivity index (χ4v) is 6.50. The Morgan fingerprint density at radius 3 is 2.14 bits per heavy atom. The van der Waals surface area contributed by atoms with E-state index in [1.165, 1.54) is 22.5 Å². The first-order chi connectivity index (χ1) is 23.6. The van der Waals surface area contributed by atoms with E-state index in [-0.39, 0.29) is 22.9 Å². The monoisotopic (exact) mass is 713 g/mol. The summed E-state index contributed by atoms with van der Waals surface area (Å²) in [6, 6.07) is 29.6. The minimum absolute atomic E-state index is 0.0767. The lowest BCUT2D eigenvalue weighted by molar-refractivity contribution is -0.116. The Morgan fingerprint density at radius 1 is 0.857 bits per heavy atom. The lowest BCUT2D eigenvalue weighted by atomic mass is 10.1. The standard InChI is InChI=1S/C37H33Cl2N5O4S/c1-4-32(36(47)42-33-23(2)43(3)44(37(33)48)26-16-9-6-10-17-26)49-27-18-11-15-25(21-27)40-35(46)31(22-28-29(38)19-12-20-30(28)39)41-34(45)24-13-7-5-8-14-24/h5-22,32H,4H2,1-3H3,(H,40,46)(H,41,45)(H,42,47)/b31-22+. The van der Waals surface area contributed by atoms with Crippen LogP contribution in [-0.2, 0) is 16.6 Å². The molecule has 0 aliphatic heterocycles. The summed E-state index contributed by atoms with van der Waals surface area (Å²) in [5, 5.41) is 8.43. The summed E-state index contributed by atoms with van der Waals surface area (Å²) < 4.78 is 3.22. The summed E-state index contributed by atoms with van der Waals surface area (Å²) in [6.45, 7) is 3.66. The van der Waals surface area contributed by atoms with E-state index in [4.69, 9.17) is 23.2 Å². The lowest BCUT2D eigenvalue weighted by Crippen LogP contribution is -2.30. The van der Waals surface area contributed by atoms with Crippen LogP contribution in [-0.4, -0.2) is 32.3 Å². The summed E-state index contributed by atoms with van der Waals surface area (Å²) in [5.41, 5.74) is 2.28. The molecule has 49 heavy (non-hydrogen) atoms. The third-order valence-corrected chi connectivity index (χ3v) is 9.67. The maximum Gasteiger partial charge on any atom is 0.295 e. The minimum Gasteiger partial charge on any atom is -0.321 e. The van der Waals surface area contributed by atoms with Gasteiger partial charge in [0.25, 0.3) is 17.4 Å². The molecule has 0 spiro atoms. The third kappa shape index (κ3) is 8.34. The van der Waals surface area contributed by atoms with Gasteiger partial charge >= 0.3 is 0 Å². The molecule has 1 aromatic heterocycles. The molecule has 0 saturated carbocycles. The Balaban J connectivity index is 1.34. The van der Waals surface area contributed by atoms with Gasteiger partial charge in [-0.3, -0.25) is 23.9 Å². The highest BCUT2D eigenvalue weighted by Gasteiger charge is 2.24. The van der Waals surface area contributed by atoms with Gasteiger partial charge in [0.15, 0.2) is 0 Å². The number of aromatic nitrogens is 2. The zero-order chi connectivity index (χ0) is 35.1. The largest absolute Gasteiger partial charge is 0.321 e. The average molecular weight is 715 g/mol. The van der Waals surface area contributed by atoms with Crippen molar-refractivity contribution in [3.8, 4) is 5.69 Å². The van der Waals surface area contributed by atoms with Crippen molar-refractivity contribution in [2.45, 2.75) is 30.4 Å². The van der Waals surface area contributed by atoms with E-state index in [1.54, 1.807) is 85.4 Å². The number of anilines is 2. The van der Waals surface area contributed by atoms with E-state index in [9.17, 15) is 19.2 Å². The highest BCUT2D eigenvalue weighted by Crippen LogP contribution is 2.30. The molecule has 9 nitrogen and oxygen atoms in total. The lowest BCUT2D eigenvalue weighted by Gasteiger charge is -2.16. The summed E-state index contributed by atoms with van der Waals surface area (Å²) in [4.78, 5) is 54.2. The van der Waals surface area contributed by atoms with Gasteiger partial charge in [0, 0.05) is 38.8 Å². The van der Waals surface area contributed by atoms with Crippen LogP contribution in [0.25, 0.3) is 11.8 Å². The molecule has 250 valence electrons. The number of rotatable bonds is 11. The maximum atomic E-state index is 13.6. The van der Waals surface area contributed by atoms with Crippen molar-refractivity contribution >= 4 is 70.1 Å². The number of nitrogens with one attached hydrogen (secondary N) is 3. The van der Waals surface area contributed by atoms with Gasteiger partial charge in [-0.05, 0) is 74.0 Å². The van der Waals surface area contributed by atoms with Crippen LogP contribution in [0.4, 0.5) is 11.4 Å². The smallest absolute Gasteiger partial charge is 0.295 e. The Bertz CT molecular complexity index is 2080. The molecule has 0 radical (unpaired) electrons. The van der Waals surface area contributed by atoms with Crippen LogP contribution in [0.3, 0.4) is 0 Å². The van der Waals surface area contributed by atoms with Crippen LogP contribution >= 0.6 is 35.0 Å². The minimum atomic E-state index is -0.610. The molecule has 5 rings (SSSR count). The second-order valence-corrected chi connectivity index (χ2v) is 13.0. The summed E-state index contributed by atoms with van der Waals surface area (Å²) >= 11 is 14.1. The zero-order valence-corrected chi connectivity index (χ0v) is 29.2. The zero-order valence-electron chi connectivity index (χ0n) is 26.9. The van der Waals surface area contributed by atoms with E-state index >= 15 is 0 Å². The second kappa shape index (κ2) is 15.9. The Kier molecular flexibility index (Phi) is 11.5. The molecule has 1 atom stereocenters. The molecule has 0 aliphatic carbocycles. The molecule has 12 heteroatoms. The van der Waals surface area contributed by atoms with Crippen LogP contribution in [0.5, 0.6) is 0 Å².